The summed E-state index contributed by atoms with van der Waals surface area (Å²) >= 11 is 0. The number of anilines is 1. The van der Waals surface area contributed by atoms with E-state index in [4.69, 9.17) is 15.2 Å². The molecule has 2 aromatic carbocycles. The number of carbonyl (C=O) groups is 2. The van der Waals surface area contributed by atoms with E-state index in [-0.39, 0.29) is 47.8 Å². The van der Waals surface area contributed by atoms with Crippen LogP contribution in [0.15, 0.2) is 42.6 Å². The molecule has 1 atom stereocenters. The molecule has 2 aliphatic heterocycles. The molecule has 1 unspecified atom stereocenters. The highest BCUT2D eigenvalue weighted by molar-refractivity contribution is 6.00. The van der Waals surface area contributed by atoms with Crippen molar-refractivity contribution in [3.05, 3.63) is 65.4 Å². The van der Waals surface area contributed by atoms with Crippen LogP contribution in [0.25, 0.3) is 0 Å². The predicted octanol–water partition coefficient (Wildman–Crippen LogP) is 2.18. The van der Waals surface area contributed by atoms with Gasteiger partial charge in [-0.2, -0.15) is 0 Å². The lowest BCUT2D eigenvalue weighted by Gasteiger charge is -2.39. The zero-order chi connectivity index (χ0) is 23.5. The second-order valence-electron chi connectivity index (χ2n) is 7.92. The van der Waals surface area contributed by atoms with Crippen molar-refractivity contribution < 1.29 is 27.8 Å². The number of likely N-dealkylation sites (tertiary alicyclic amines) is 1. The number of rotatable bonds is 7. The van der Waals surface area contributed by atoms with Crippen molar-refractivity contribution >= 4 is 17.5 Å². The molecule has 1 saturated heterocycles. The van der Waals surface area contributed by atoms with Gasteiger partial charge in [-0.3, -0.25) is 9.59 Å². The van der Waals surface area contributed by atoms with Crippen molar-refractivity contribution in [1.82, 2.24) is 10.2 Å². The van der Waals surface area contributed by atoms with E-state index in [2.05, 4.69) is 10.6 Å². The Morgan fingerprint density at radius 2 is 2.12 bits per heavy atom. The quantitative estimate of drug-likeness (QED) is 0.587. The molecule has 174 valence electrons. The van der Waals surface area contributed by atoms with Crippen LogP contribution < -0.4 is 25.8 Å². The minimum Gasteiger partial charge on any atom is -0.490 e. The molecule has 0 aliphatic carbocycles. The average Bonchev–Trinajstić information content (AvgIpc) is 2.76. The molecule has 8 nitrogen and oxygen atoms in total. The van der Waals surface area contributed by atoms with Crippen LogP contribution in [0.4, 0.5) is 14.5 Å². The van der Waals surface area contributed by atoms with Gasteiger partial charge in [0, 0.05) is 38.2 Å². The lowest BCUT2D eigenvalue weighted by molar-refractivity contribution is -0.118. The minimum atomic E-state index is -0.723. The summed E-state index contributed by atoms with van der Waals surface area (Å²) in [5.41, 5.74) is 6.70. The molecule has 0 aromatic heterocycles. The number of hydrogen-bond acceptors (Lipinski definition) is 6. The highest BCUT2D eigenvalue weighted by Gasteiger charge is 2.34. The summed E-state index contributed by atoms with van der Waals surface area (Å²) in [5.74, 6) is -1.84. The van der Waals surface area contributed by atoms with E-state index in [9.17, 15) is 18.4 Å². The Balaban J connectivity index is 1.31. The smallest absolute Gasteiger partial charge is 0.262 e. The van der Waals surface area contributed by atoms with Gasteiger partial charge in [-0.05, 0) is 36.0 Å². The standard InChI is InChI=1S/C23H24F2N4O4/c1-27-5-4-18(26)14-2-3-20(17(25)6-14)32-11-13-9-29(10-13)23(31)15-7-19-21(8-16(15)24)33-12-22(30)28-19/h2-8,13,18,27H,9-12,26H2,1H3,(H,28,30)/b5-4-. The monoisotopic (exact) mass is 458 g/mol. The summed E-state index contributed by atoms with van der Waals surface area (Å²) in [6, 6.07) is 6.48. The third-order valence-corrected chi connectivity index (χ3v) is 5.46. The number of halogens is 2. The van der Waals surface area contributed by atoms with Gasteiger partial charge in [-0.15, -0.1) is 0 Å². The molecule has 33 heavy (non-hydrogen) atoms. The molecule has 1 fully saturated rings. The van der Waals surface area contributed by atoms with Gasteiger partial charge < -0.3 is 30.7 Å². The largest absolute Gasteiger partial charge is 0.490 e. The zero-order valence-electron chi connectivity index (χ0n) is 17.9. The Labute approximate surface area is 189 Å². The molecule has 4 N–H and O–H groups in total. The third-order valence-electron chi connectivity index (χ3n) is 5.46. The van der Waals surface area contributed by atoms with E-state index >= 15 is 0 Å². The SMILES string of the molecule is CN/C=C\C(N)c1ccc(OCC2CN(C(=O)c3cc4c(cc3F)OCC(=O)N4)C2)c(F)c1. The number of nitrogens with two attached hydrogens (primary N) is 1. The van der Waals surface area contributed by atoms with E-state index in [0.29, 0.717) is 18.7 Å². The van der Waals surface area contributed by atoms with Crippen molar-refractivity contribution in [1.29, 1.82) is 0 Å². The van der Waals surface area contributed by atoms with Gasteiger partial charge in [0.25, 0.3) is 11.8 Å². The fourth-order valence-electron chi connectivity index (χ4n) is 3.64. The molecule has 0 spiro atoms. The molecule has 0 radical (unpaired) electrons. The van der Waals surface area contributed by atoms with Crippen molar-refractivity contribution in [3.63, 3.8) is 0 Å². The van der Waals surface area contributed by atoms with Crippen molar-refractivity contribution in [3.8, 4) is 11.5 Å². The normalized spacial score (nSPS) is 16.5. The highest BCUT2D eigenvalue weighted by atomic mass is 19.1. The second-order valence-corrected chi connectivity index (χ2v) is 7.92. The topological polar surface area (TPSA) is 106 Å². The first-order valence-electron chi connectivity index (χ1n) is 10.4. The maximum absolute atomic E-state index is 14.4. The molecule has 0 bridgehead atoms. The number of amides is 2. The van der Waals surface area contributed by atoms with Crippen LogP contribution in [0.5, 0.6) is 11.5 Å². The molecule has 2 amide bonds. The highest BCUT2D eigenvalue weighted by Crippen LogP contribution is 2.32. The van der Waals surface area contributed by atoms with Crippen LogP contribution in [0, 0.1) is 17.6 Å². The molecular formula is C23H24F2N4O4. The average molecular weight is 458 g/mol. The summed E-state index contributed by atoms with van der Waals surface area (Å²) in [5, 5.41) is 5.39. The maximum atomic E-state index is 14.4. The van der Waals surface area contributed by atoms with Crippen LogP contribution in [0.3, 0.4) is 0 Å². The van der Waals surface area contributed by atoms with Crippen LogP contribution in [-0.2, 0) is 4.79 Å². The molecule has 2 aliphatic rings. The summed E-state index contributed by atoms with van der Waals surface area (Å²) < 4.78 is 39.5. The number of hydrogen-bond donors (Lipinski definition) is 3. The fourth-order valence-corrected chi connectivity index (χ4v) is 3.64. The molecule has 2 heterocycles. The first kappa shape index (κ1) is 22.5. The Hall–Kier alpha value is -3.66. The Bertz CT molecular complexity index is 1100. The molecule has 0 saturated carbocycles. The van der Waals surface area contributed by atoms with Gasteiger partial charge in [-0.1, -0.05) is 6.07 Å². The van der Waals surface area contributed by atoms with E-state index in [0.717, 1.165) is 6.07 Å². The third kappa shape index (κ3) is 4.90. The van der Waals surface area contributed by atoms with E-state index in [1.165, 1.54) is 23.1 Å². The van der Waals surface area contributed by atoms with Crippen LogP contribution in [-0.4, -0.2) is 50.1 Å². The zero-order valence-corrected chi connectivity index (χ0v) is 17.9. The van der Waals surface area contributed by atoms with Gasteiger partial charge in [0.2, 0.25) is 0 Å². The first-order chi connectivity index (χ1) is 15.9. The minimum absolute atomic E-state index is 0.0161. The van der Waals surface area contributed by atoms with Gasteiger partial charge in [-0.25, -0.2) is 8.78 Å². The van der Waals surface area contributed by atoms with Gasteiger partial charge in [0.1, 0.15) is 11.6 Å². The molecule has 4 rings (SSSR count). The molecular weight excluding hydrogens is 434 g/mol. The van der Waals surface area contributed by atoms with Gasteiger partial charge in [0.15, 0.2) is 18.2 Å². The summed E-state index contributed by atoms with van der Waals surface area (Å²) in [6.45, 7) is 0.703. The van der Waals surface area contributed by atoms with E-state index in [1.54, 1.807) is 25.4 Å². The second kappa shape index (κ2) is 9.45. The Kier molecular flexibility index (Phi) is 6.45. The van der Waals surface area contributed by atoms with Crippen LogP contribution in [0.1, 0.15) is 22.0 Å². The number of carbonyl (C=O) groups excluding carboxylic acids is 2. The number of fused-ring (bicyclic) bond motifs is 1. The molecule has 10 heteroatoms. The van der Waals surface area contributed by atoms with Gasteiger partial charge >= 0.3 is 0 Å². The fraction of sp³-hybridized carbons (Fsp3) is 0.304. The van der Waals surface area contributed by atoms with Gasteiger partial charge in [0.05, 0.1) is 17.9 Å². The number of nitrogens with zero attached hydrogens (tertiary/aromatic N) is 1. The summed E-state index contributed by atoms with van der Waals surface area (Å²) in [4.78, 5) is 25.6. The number of benzene rings is 2. The lowest BCUT2D eigenvalue weighted by Crippen LogP contribution is -2.52. The van der Waals surface area contributed by atoms with Crippen LogP contribution in [0.2, 0.25) is 0 Å². The van der Waals surface area contributed by atoms with Crippen molar-refractivity contribution in [2.24, 2.45) is 11.7 Å². The predicted molar refractivity (Wildman–Crippen MR) is 117 cm³/mol. The molecule has 2 aromatic rings. The lowest BCUT2D eigenvalue weighted by atomic mass is 9.99. The Morgan fingerprint density at radius 1 is 1.33 bits per heavy atom. The summed E-state index contributed by atoms with van der Waals surface area (Å²) in [6.07, 6.45) is 3.39. The summed E-state index contributed by atoms with van der Waals surface area (Å²) in [7, 11) is 1.74. The van der Waals surface area contributed by atoms with E-state index in [1.807, 2.05) is 0 Å². The van der Waals surface area contributed by atoms with E-state index < -0.39 is 23.6 Å². The number of nitrogens with one attached hydrogen (secondary N) is 2. The first-order valence-corrected chi connectivity index (χ1v) is 10.4. The maximum Gasteiger partial charge on any atom is 0.262 e. The Morgan fingerprint density at radius 3 is 2.85 bits per heavy atom. The van der Waals surface area contributed by atoms with Crippen molar-refractivity contribution in [2.45, 2.75) is 6.04 Å². The number of ether oxygens (including phenoxy) is 2. The van der Waals surface area contributed by atoms with Crippen molar-refractivity contribution in [2.75, 3.05) is 38.7 Å². The van der Waals surface area contributed by atoms with Crippen LogP contribution >= 0.6 is 0 Å².